The molecule has 1 fully saturated rings. The summed E-state index contributed by atoms with van der Waals surface area (Å²) in [6.45, 7) is 4.08. The number of hydrogen-bond donors (Lipinski definition) is 1. The van der Waals surface area contributed by atoms with Crippen LogP contribution in [-0.2, 0) is 4.79 Å². The lowest BCUT2D eigenvalue weighted by molar-refractivity contribution is -0.120. The summed E-state index contributed by atoms with van der Waals surface area (Å²) >= 11 is 1.47. The van der Waals surface area contributed by atoms with Crippen molar-refractivity contribution in [1.82, 2.24) is 25.0 Å². The Kier molecular flexibility index (Phi) is 5.68. The number of aromatic nitrogens is 5. The molecule has 0 spiro atoms. The largest absolute Gasteiger partial charge is 0.494 e. The minimum Gasteiger partial charge on any atom is -0.494 e. The maximum atomic E-state index is 12.8. The van der Waals surface area contributed by atoms with E-state index in [1.165, 1.54) is 11.3 Å². The topological polar surface area (TPSA) is 98.1 Å². The van der Waals surface area contributed by atoms with E-state index in [1.54, 1.807) is 10.9 Å². The number of nitrogens with zero attached hydrogens (tertiary/aromatic N) is 6. The molecule has 1 aliphatic rings. The number of thiazole rings is 1. The third-order valence-corrected chi connectivity index (χ3v) is 6.40. The highest BCUT2D eigenvalue weighted by Crippen LogP contribution is 2.30. The molecule has 1 N–H and O–H groups in total. The molecule has 0 saturated carbocycles. The van der Waals surface area contributed by atoms with Crippen molar-refractivity contribution in [1.29, 1.82) is 0 Å². The van der Waals surface area contributed by atoms with E-state index in [0.29, 0.717) is 17.6 Å². The molecule has 1 saturated heterocycles. The minimum absolute atomic E-state index is 0.0221. The molecule has 3 aromatic heterocycles. The predicted molar refractivity (Wildman–Crippen MR) is 124 cm³/mol. The molecular formula is C22H23N7O2S. The van der Waals surface area contributed by atoms with Crippen molar-refractivity contribution in [3.8, 4) is 11.6 Å². The number of piperidine rings is 1. The smallest absolute Gasteiger partial charge is 0.229 e. The molecule has 4 heterocycles. The normalized spacial score (nSPS) is 14.6. The molecule has 0 bridgehead atoms. The van der Waals surface area contributed by atoms with Gasteiger partial charge in [0, 0.05) is 31.4 Å². The van der Waals surface area contributed by atoms with Gasteiger partial charge in [0.2, 0.25) is 5.91 Å². The quantitative estimate of drug-likeness (QED) is 0.481. The Morgan fingerprint density at radius 1 is 1.19 bits per heavy atom. The van der Waals surface area contributed by atoms with Crippen molar-refractivity contribution >= 4 is 38.4 Å². The first kappa shape index (κ1) is 20.4. The van der Waals surface area contributed by atoms with Gasteiger partial charge in [-0.1, -0.05) is 11.3 Å². The highest BCUT2D eigenvalue weighted by Gasteiger charge is 2.26. The van der Waals surface area contributed by atoms with Gasteiger partial charge in [-0.05, 0) is 56.2 Å². The van der Waals surface area contributed by atoms with Crippen LogP contribution < -0.4 is 15.0 Å². The lowest BCUT2D eigenvalue weighted by atomic mass is 9.96. The number of carbonyl (C=O) groups excluding carboxylic acids is 1. The molecular weight excluding hydrogens is 426 g/mol. The van der Waals surface area contributed by atoms with Crippen LogP contribution in [0.3, 0.4) is 0 Å². The van der Waals surface area contributed by atoms with Gasteiger partial charge in [0.15, 0.2) is 16.8 Å². The zero-order valence-electron chi connectivity index (χ0n) is 17.6. The van der Waals surface area contributed by atoms with Crippen molar-refractivity contribution in [2.75, 3.05) is 29.9 Å². The van der Waals surface area contributed by atoms with Gasteiger partial charge in [-0.15, -0.1) is 10.2 Å². The third kappa shape index (κ3) is 4.26. The van der Waals surface area contributed by atoms with E-state index >= 15 is 0 Å². The predicted octanol–water partition coefficient (Wildman–Crippen LogP) is 3.53. The lowest BCUT2D eigenvalue weighted by Gasteiger charge is -2.31. The fourth-order valence-corrected chi connectivity index (χ4v) is 4.70. The lowest BCUT2D eigenvalue weighted by Crippen LogP contribution is -2.38. The Hall–Kier alpha value is -3.53. The van der Waals surface area contributed by atoms with Crippen LogP contribution in [0.4, 0.5) is 10.9 Å². The van der Waals surface area contributed by atoms with E-state index in [1.807, 2.05) is 49.5 Å². The average molecular weight is 450 g/mol. The summed E-state index contributed by atoms with van der Waals surface area (Å²) in [5.74, 6) is 2.28. The molecule has 32 heavy (non-hydrogen) atoms. The summed E-state index contributed by atoms with van der Waals surface area (Å²) in [7, 11) is 0. The van der Waals surface area contributed by atoms with E-state index in [2.05, 4.69) is 30.5 Å². The molecule has 0 unspecified atom stereocenters. The van der Waals surface area contributed by atoms with Crippen LogP contribution in [0.5, 0.6) is 5.75 Å². The van der Waals surface area contributed by atoms with Crippen molar-refractivity contribution in [3.63, 3.8) is 0 Å². The minimum atomic E-state index is -0.0476. The monoisotopic (exact) mass is 449 g/mol. The number of ether oxygens (including phenoxy) is 1. The summed E-state index contributed by atoms with van der Waals surface area (Å²) in [6, 6.07) is 11.5. The van der Waals surface area contributed by atoms with Gasteiger partial charge in [0.1, 0.15) is 5.75 Å². The number of carbonyl (C=O) groups is 1. The van der Waals surface area contributed by atoms with Gasteiger partial charge in [0.05, 0.1) is 16.8 Å². The van der Waals surface area contributed by atoms with Gasteiger partial charge in [-0.3, -0.25) is 4.79 Å². The zero-order valence-corrected chi connectivity index (χ0v) is 18.5. The number of nitrogens with one attached hydrogen (secondary N) is 1. The van der Waals surface area contributed by atoms with Crippen molar-refractivity contribution in [2.45, 2.75) is 19.8 Å². The van der Waals surface area contributed by atoms with Gasteiger partial charge >= 0.3 is 0 Å². The van der Waals surface area contributed by atoms with E-state index in [9.17, 15) is 4.79 Å². The molecule has 164 valence electrons. The fourth-order valence-electron chi connectivity index (χ4n) is 3.81. The van der Waals surface area contributed by atoms with Crippen LogP contribution in [0.25, 0.3) is 16.0 Å². The van der Waals surface area contributed by atoms with Crippen LogP contribution >= 0.6 is 11.3 Å². The maximum Gasteiger partial charge on any atom is 0.229 e. The Morgan fingerprint density at radius 2 is 2.00 bits per heavy atom. The first-order chi connectivity index (χ1) is 15.7. The number of amides is 1. The van der Waals surface area contributed by atoms with Crippen LogP contribution in [-0.4, -0.2) is 50.6 Å². The van der Waals surface area contributed by atoms with Crippen molar-refractivity contribution < 1.29 is 9.53 Å². The summed E-state index contributed by atoms with van der Waals surface area (Å²) in [6.07, 6.45) is 5.05. The second kappa shape index (κ2) is 8.91. The van der Waals surface area contributed by atoms with Gasteiger partial charge < -0.3 is 15.0 Å². The van der Waals surface area contributed by atoms with Crippen LogP contribution in [0.1, 0.15) is 19.8 Å². The Morgan fingerprint density at radius 3 is 2.72 bits per heavy atom. The maximum absolute atomic E-state index is 12.8. The SMILES string of the molecule is CCOc1ccc2nc(NC(=O)C3CCN(c4ccc(-n5cccn5)nn4)CC3)sc2c1. The van der Waals surface area contributed by atoms with Gasteiger partial charge in [-0.2, -0.15) is 5.10 Å². The number of rotatable bonds is 6. The molecule has 5 rings (SSSR count). The second-order valence-corrected chi connectivity index (χ2v) is 8.56. The highest BCUT2D eigenvalue weighted by atomic mass is 32.1. The molecule has 0 radical (unpaired) electrons. The summed E-state index contributed by atoms with van der Waals surface area (Å²) < 4.78 is 8.22. The summed E-state index contributed by atoms with van der Waals surface area (Å²) in [5.41, 5.74) is 0.862. The van der Waals surface area contributed by atoms with Crippen LogP contribution in [0.2, 0.25) is 0 Å². The van der Waals surface area contributed by atoms with Gasteiger partial charge in [0.25, 0.3) is 0 Å². The van der Waals surface area contributed by atoms with E-state index in [0.717, 1.165) is 47.7 Å². The molecule has 4 aromatic rings. The molecule has 0 atom stereocenters. The molecule has 0 aliphatic carbocycles. The summed E-state index contributed by atoms with van der Waals surface area (Å²) in [4.78, 5) is 19.5. The number of hydrogen-bond acceptors (Lipinski definition) is 8. The Labute approximate surface area is 189 Å². The number of benzene rings is 1. The molecule has 1 amide bonds. The third-order valence-electron chi connectivity index (χ3n) is 5.47. The van der Waals surface area contributed by atoms with E-state index < -0.39 is 0 Å². The van der Waals surface area contributed by atoms with Crippen molar-refractivity contribution in [3.05, 3.63) is 48.8 Å². The second-order valence-electron chi connectivity index (χ2n) is 7.53. The molecule has 10 heteroatoms. The first-order valence-corrected chi connectivity index (χ1v) is 11.4. The van der Waals surface area contributed by atoms with E-state index in [-0.39, 0.29) is 11.8 Å². The Bertz CT molecular complexity index is 1200. The zero-order chi connectivity index (χ0) is 21.9. The number of fused-ring (bicyclic) bond motifs is 1. The standard InChI is InChI=1S/C22H23N7O2S/c1-2-31-16-4-5-17-18(14-16)32-22(24-17)25-21(30)15-8-12-28(13-9-15)19-6-7-20(27-26-19)29-11-3-10-23-29/h3-7,10-11,14-15H,2,8-9,12-13H2,1H3,(H,24,25,30). The van der Waals surface area contributed by atoms with Crippen LogP contribution in [0, 0.1) is 5.92 Å². The summed E-state index contributed by atoms with van der Waals surface area (Å²) in [5, 5.41) is 16.4. The molecule has 1 aromatic carbocycles. The highest BCUT2D eigenvalue weighted by molar-refractivity contribution is 7.22. The average Bonchev–Trinajstić information content (AvgIpc) is 3.49. The van der Waals surface area contributed by atoms with Crippen LogP contribution in [0.15, 0.2) is 48.8 Å². The molecule has 9 nitrogen and oxygen atoms in total. The Balaban J connectivity index is 1.18. The van der Waals surface area contributed by atoms with Gasteiger partial charge in [-0.25, -0.2) is 9.67 Å². The molecule has 1 aliphatic heterocycles. The first-order valence-electron chi connectivity index (χ1n) is 10.6. The van der Waals surface area contributed by atoms with Crippen molar-refractivity contribution in [2.24, 2.45) is 5.92 Å². The fraction of sp³-hybridized carbons (Fsp3) is 0.318. The van der Waals surface area contributed by atoms with E-state index in [4.69, 9.17) is 4.74 Å². The number of anilines is 2.